The van der Waals surface area contributed by atoms with Crippen LogP contribution in [0.4, 0.5) is 0 Å². The number of halogens is 1. The molecule has 2 rings (SSSR count). The zero-order chi connectivity index (χ0) is 10.3. The van der Waals surface area contributed by atoms with Crippen molar-refractivity contribution in [1.82, 2.24) is 9.78 Å². The van der Waals surface area contributed by atoms with E-state index in [1.165, 1.54) is 0 Å². The smallest absolute Gasteiger partial charge is 0.131 e. The Balaban J connectivity index is 2.59. The highest BCUT2D eigenvalue weighted by molar-refractivity contribution is 9.10. The Morgan fingerprint density at radius 1 is 1.71 bits per heavy atom. The number of aryl methyl sites for hydroxylation is 1. The predicted molar refractivity (Wildman–Crippen MR) is 56.8 cm³/mol. The van der Waals surface area contributed by atoms with E-state index in [2.05, 4.69) is 21.0 Å². The highest BCUT2D eigenvalue weighted by atomic mass is 79.9. The minimum absolute atomic E-state index is 0.0219. The van der Waals surface area contributed by atoms with Crippen LogP contribution in [-0.4, -0.2) is 21.5 Å². The molecule has 1 atom stereocenters. The molecule has 0 saturated heterocycles. The average molecular weight is 260 g/mol. The second kappa shape index (κ2) is 3.32. The fourth-order valence-corrected chi connectivity index (χ4v) is 2.86. The summed E-state index contributed by atoms with van der Waals surface area (Å²) >= 11 is 3.41. The molecule has 1 aliphatic rings. The lowest BCUT2D eigenvalue weighted by atomic mass is 9.82. The van der Waals surface area contributed by atoms with Crippen LogP contribution in [0.15, 0.2) is 4.60 Å². The molecule has 0 aromatic carbocycles. The third-order valence-corrected chi connectivity index (χ3v) is 3.54. The van der Waals surface area contributed by atoms with E-state index in [0.29, 0.717) is 0 Å². The quantitative estimate of drug-likeness (QED) is 0.779. The maximum atomic E-state index is 9.35. The lowest BCUT2D eigenvalue weighted by Gasteiger charge is -2.32. The second-order valence-electron chi connectivity index (χ2n) is 3.91. The Morgan fingerprint density at radius 3 is 3.07 bits per heavy atom. The monoisotopic (exact) mass is 259 g/mol. The fraction of sp³-hybridized carbons (Fsp3) is 0.667. The van der Waals surface area contributed by atoms with Crippen molar-refractivity contribution in [3.05, 3.63) is 15.9 Å². The molecule has 1 heterocycles. The molecule has 78 valence electrons. The minimum Gasteiger partial charge on any atom is -0.394 e. The first-order valence-corrected chi connectivity index (χ1v) is 5.49. The van der Waals surface area contributed by atoms with Crippen molar-refractivity contribution < 1.29 is 5.11 Å². The van der Waals surface area contributed by atoms with Crippen LogP contribution in [0.5, 0.6) is 0 Å². The van der Waals surface area contributed by atoms with Gasteiger partial charge in [-0.15, -0.1) is 0 Å². The molecule has 1 unspecified atom stereocenters. The molecule has 4 nitrogen and oxygen atoms in total. The molecular formula is C9H14BrN3O. The van der Waals surface area contributed by atoms with E-state index in [1.807, 2.05) is 7.05 Å². The van der Waals surface area contributed by atoms with Gasteiger partial charge < -0.3 is 10.8 Å². The van der Waals surface area contributed by atoms with Crippen molar-refractivity contribution >= 4 is 15.9 Å². The number of aliphatic hydroxyl groups excluding tert-OH is 1. The maximum Gasteiger partial charge on any atom is 0.131 e. The van der Waals surface area contributed by atoms with Gasteiger partial charge in [-0.25, -0.2) is 0 Å². The van der Waals surface area contributed by atoms with E-state index in [0.717, 1.165) is 35.1 Å². The van der Waals surface area contributed by atoms with Crippen molar-refractivity contribution in [1.29, 1.82) is 0 Å². The van der Waals surface area contributed by atoms with E-state index in [-0.39, 0.29) is 6.61 Å². The minimum atomic E-state index is -0.610. The van der Waals surface area contributed by atoms with Crippen LogP contribution < -0.4 is 5.73 Å². The summed E-state index contributed by atoms with van der Waals surface area (Å²) in [5, 5.41) is 13.6. The van der Waals surface area contributed by atoms with Crippen molar-refractivity contribution in [2.75, 3.05) is 6.61 Å². The number of nitrogens with zero attached hydrogens (tertiary/aromatic N) is 2. The third kappa shape index (κ3) is 1.31. The van der Waals surface area contributed by atoms with Gasteiger partial charge in [0.2, 0.25) is 0 Å². The van der Waals surface area contributed by atoms with Crippen molar-refractivity contribution in [3.63, 3.8) is 0 Å². The third-order valence-electron chi connectivity index (χ3n) is 2.90. The molecular weight excluding hydrogens is 246 g/mol. The van der Waals surface area contributed by atoms with Gasteiger partial charge >= 0.3 is 0 Å². The Morgan fingerprint density at radius 2 is 2.43 bits per heavy atom. The number of rotatable bonds is 1. The number of hydrogen-bond acceptors (Lipinski definition) is 3. The highest BCUT2D eigenvalue weighted by Gasteiger charge is 2.36. The van der Waals surface area contributed by atoms with Gasteiger partial charge in [-0.2, -0.15) is 5.10 Å². The highest BCUT2D eigenvalue weighted by Crippen LogP contribution is 2.36. The summed E-state index contributed by atoms with van der Waals surface area (Å²) in [4.78, 5) is 0. The predicted octanol–water partition coefficient (Wildman–Crippen LogP) is 0.665. The molecule has 1 aliphatic carbocycles. The van der Waals surface area contributed by atoms with Crippen LogP contribution in [0.2, 0.25) is 0 Å². The standard InChI is InChI=1S/C9H14BrN3O/c1-13-7-6(8(10)12-13)3-2-4-9(7,11)5-14/h14H,2-5,11H2,1H3. The van der Waals surface area contributed by atoms with Gasteiger partial charge in [-0.3, -0.25) is 4.68 Å². The molecule has 3 N–H and O–H groups in total. The lowest BCUT2D eigenvalue weighted by molar-refractivity contribution is 0.171. The molecule has 0 fully saturated rings. The van der Waals surface area contributed by atoms with Gasteiger partial charge in [-0.1, -0.05) is 0 Å². The average Bonchev–Trinajstić information content (AvgIpc) is 2.44. The zero-order valence-electron chi connectivity index (χ0n) is 8.13. The van der Waals surface area contributed by atoms with Crippen LogP contribution in [-0.2, 0) is 19.0 Å². The van der Waals surface area contributed by atoms with Crippen LogP contribution in [0.25, 0.3) is 0 Å². The second-order valence-corrected chi connectivity index (χ2v) is 4.66. The molecule has 0 amide bonds. The summed E-state index contributed by atoms with van der Waals surface area (Å²) in [6.07, 6.45) is 2.82. The van der Waals surface area contributed by atoms with Gasteiger partial charge in [0.15, 0.2) is 0 Å². The molecule has 0 aliphatic heterocycles. The van der Waals surface area contributed by atoms with Gasteiger partial charge in [-0.05, 0) is 35.2 Å². The summed E-state index contributed by atoms with van der Waals surface area (Å²) in [5.74, 6) is 0. The lowest BCUT2D eigenvalue weighted by Crippen LogP contribution is -2.44. The van der Waals surface area contributed by atoms with E-state index in [4.69, 9.17) is 5.73 Å². The number of nitrogens with two attached hydrogens (primary N) is 1. The number of hydrogen-bond donors (Lipinski definition) is 2. The fourth-order valence-electron chi connectivity index (χ4n) is 2.23. The summed E-state index contributed by atoms with van der Waals surface area (Å²) in [6.45, 7) is -0.0219. The van der Waals surface area contributed by atoms with Crippen molar-refractivity contribution in [3.8, 4) is 0 Å². The van der Waals surface area contributed by atoms with E-state index in [1.54, 1.807) is 4.68 Å². The molecule has 0 saturated carbocycles. The van der Waals surface area contributed by atoms with E-state index >= 15 is 0 Å². The topological polar surface area (TPSA) is 64.1 Å². The van der Waals surface area contributed by atoms with E-state index < -0.39 is 5.54 Å². The molecule has 5 heteroatoms. The van der Waals surface area contributed by atoms with Gasteiger partial charge in [0.1, 0.15) is 4.60 Å². The van der Waals surface area contributed by atoms with Crippen LogP contribution >= 0.6 is 15.9 Å². The normalized spacial score (nSPS) is 26.3. The van der Waals surface area contributed by atoms with Gasteiger partial charge in [0.25, 0.3) is 0 Å². The first kappa shape index (κ1) is 10.1. The molecule has 0 spiro atoms. The summed E-state index contributed by atoms with van der Waals surface area (Å²) in [5.41, 5.74) is 7.66. The van der Waals surface area contributed by atoms with Crippen molar-refractivity contribution in [2.24, 2.45) is 12.8 Å². The van der Waals surface area contributed by atoms with Crippen LogP contribution in [0.3, 0.4) is 0 Å². The van der Waals surface area contributed by atoms with Gasteiger partial charge in [0.05, 0.1) is 17.8 Å². The summed E-state index contributed by atoms with van der Waals surface area (Å²) < 4.78 is 2.63. The van der Waals surface area contributed by atoms with Crippen LogP contribution in [0, 0.1) is 0 Å². The SMILES string of the molecule is Cn1nc(Br)c2c1C(N)(CO)CCC2. The largest absolute Gasteiger partial charge is 0.394 e. The maximum absolute atomic E-state index is 9.35. The van der Waals surface area contributed by atoms with E-state index in [9.17, 15) is 5.11 Å². The zero-order valence-corrected chi connectivity index (χ0v) is 9.71. The Bertz CT molecular complexity index is 363. The number of fused-ring (bicyclic) bond motifs is 1. The van der Waals surface area contributed by atoms with Crippen molar-refractivity contribution in [2.45, 2.75) is 24.8 Å². The van der Waals surface area contributed by atoms with Crippen LogP contribution in [0.1, 0.15) is 24.1 Å². The first-order chi connectivity index (χ1) is 6.58. The number of aliphatic hydroxyl groups is 1. The Labute approximate surface area is 91.2 Å². The molecule has 0 radical (unpaired) electrons. The molecule has 1 aromatic heterocycles. The molecule has 14 heavy (non-hydrogen) atoms. The molecule has 0 bridgehead atoms. The summed E-state index contributed by atoms with van der Waals surface area (Å²) in [7, 11) is 1.87. The summed E-state index contributed by atoms with van der Waals surface area (Å²) in [6, 6.07) is 0. The Kier molecular flexibility index (Phi) is 2.41. The Hall–Kier alpha value is -0.390. The first-order valence-electron chi connectivity index (χ1n) is 4.70. The molecule has 1 aromatic rings. The van der Waals surface area contributed by atoms with Gasteiger partial charge in [0, 0.05) is 12.6 Å². The number of aromatic nitrogens is 2.